The quantitative estimate of drug-likeness (QED) is 0.909. The lowest BCUT2D eigenvalue weighted by molar-refractivity contribution is 0.729. The molecular formula is C15H18BrN3. The zero-order valence-electron chi connectivity index (χ0n) is 11.5. The second-order valence-corrected chi connectivity index (χ2v) is 6.07. The molecule has 0 bridgehead atoms. The van der Waals surface area contributed by atoms with Crippen molar-refractivity contribution in [3.05, 3.63) is 45.2 Å². The zero-order valence-corrected chi connectivity index (χ0v) is 13.1. The number of fused-ring (bicyclic) bond motifs is 1. The fraction of sp³-hybridized carbons (Fsp3) is 0.400. The predicted molar refractivity (Wildman–Crippen MR) is 81.5 cm³/mol. The maximum Gasteiger partial charge on any atom is 0.0828 e. The molecule has 4 heteroatoms. The summed E-state index contributed by atoms with van der Waals surface area (Å²) < 4.78 is 3.17. The van der Waals surface area contributed by atoms with Crippen molar-refractivity contribution in [3.63, 3.8) is 0 Å². The van der Waals surface area contributed by atoms with Crippen LogP contribution in [0.3, 0.4) is 0 Å². The highest BCUT2D eigenvalue weighted by atomic mass is 79.9. The van der Waals surface area contributed by atoms with Crippen LogP contribution < -0.4 is 5.32 Å². The first-order valence-electron chi connectivity index (χ1n) is 6.62. The highest BCUT2D eigenvalue weighted by molar-refractivity contribution is 9.10. The average Bonchev–Trinajstić information content (AvgIpc) is 2.88. The van der Waals surface area contributed by atoms with Crippen LogP contribution in [0.1, 0.15) is 35.0 Å². The van der Waals surface area contributed by atoms with Crippen molar-refractivity contribution in [1.82, 2.24) is 9.78 Å². The topological polar surface area (TPSA) is 29.9 Å². The van der Waals surface area contributed by atoms with Crippen LogP contribution >= 0.6 is 15.9 Å². The number of aromatic nitrogens is 2. The predicted octanol–water partition coefficient (Wildman–Crippen LogP) is 3.90. The van der Waals surface area contributed by atoms with Gasteiger partial charge in [-0.1, -0.05) is 28.1 Å². The van der Waals surface area contributed by atoms with Gasteiger partial charge in [-0.05, 0) is 43.9 Å². The van der Waals surface area contributed by atoms with Gasteiger partial charge < -0.3 is 5.32 Å². The Kier molecular flexibility index (Phi) is 3.13. The molecule has 0 aliphatic heterocycles. The minimum Gasteiger partial charge on any atom is -0.375 e. The van der Waals surface area contributed by atoms with Crippen LogP contribution in [-0.4, -0.2) is 9.78 Å². The molecule has 1 aromatic carbocycles. The molecule has 3 nitrogen and oxygen atoms in total. The Morgan fingerprint density at radius 1 is 1.37 bits per heavy atom. The average molecular weight is 320 g/mol. The van der Waals surface area contributed by atoms with Gasteiger partial charge in [0.2, 0.25) is 0 Å². The summed E-state index contributed by atoms with van der Waals surface area (Å²) in [6, 6.07) is 6.87. The van der Waals surface area contributed by atoms with Crippen molar-refractivity contribution >= 4 is 21.6 Å². The summed E-state index contributed by atoms with van der Waals surface area (Å²) in [6.07, 6.45) is 2.28. The highest BCUT2D eigenvalue weighted by Crippen LogP contribution is 2.38. The van der Waals surface area contributed by atoms with Gasteiger partial charge in [-0.3, -0.25) is 4.68 Å². The first-order valence-corrected chi connectivity index (χ1v) is 7.41. The summed E-state index contributed by atoms with van der Waals surface area (Å²) in [7, 11) is 1.99. The van der Waals surface area contributed by atoms with E-state index in [1.54, 1.807) is 0 Å². The Morgan fingerprint density at radius 3 is 2.84 bits per heavy atom. The Hall–Kier alpha value is -1.29. The molecule has 3 rings (SSSR count). The number of nitrogens with one attached hydrogen (secondary N) is 1. The fourth-order valence-corrected chi connectivity index (χ4v) is 3.50. The second kappa shape index (κ2) is 4.67. The summed E-state index contributed by atoms with van der Waals surface area (Å²) in [5.41, 5.74) is 6.31. The summed E-state index contributed by atoms with van der Waals surface area (Å²) in [5.74, 6) is 0. The molecular weight excluding hydrogens is 302 g/mol. The number of hydrogen-bond acceptors (Lipinski definition) is 2. The third-order valence-electron chi connectivity index (χ3n) is 4.04. The number of halogens is 1. The van der Waals surface area contributed by atoms with Crippen molar-refractivity contribution in [1.29, 1.82) is 0 Å². The van der Waals surface area contributed by atoms with E-state index >= 15 is 0 Å². The van der Waals surface area contributed by atoms with E-state index in [-0.39, 0.29) is 0 Å². The standard InChI is InChI=1S/C15H18BrN3/c1-9-15(10(2)19(3)18-9)17-14-8-7-11-12(14)5-4-6-13(11)16/h4-6,14,17H,7-8H2,1-3H3. The Balaban J connectivity index is 1.93. The van der Waals surface area contributed by atoms with E-state index in [0.717, 1.165) is 18.5 Å². The first-order chi connectivity index (χ1) is 9.08. The lowest BCUT2D eigenvalue weighted by atomic mass is 10.1. The molecule has 0 saturated heterocycles. The summed E-state index contributed by atoms with van der Waals surface area (Å²) in [5, 5.41) is 8.15. The maximum absolute atomic E-state index is 4.47. The van der Waals surface area contributed by atoms with Gasteiger partial charge in [-0.2, -0.15) is 5.10 Å². The van der Waals surface area contributed by atoms with Gasteiger partial charge in [0.05, 0.1) is 23.1 Å². The van der Waals surface area contributed by atoms with Crippen LogP contribution in [0, 0.1) is 13.8 Å². The minimum absolute atomic E-state index is 0.397. The van der Waals surface area contributed by atoms with Gasteiger partial charge in [0.25, 0.3) is 0 Å². The lowest BCUT2D eigenvalue weighted by Gasteiger charge is -2.16. The highest BCUT2D eigenvalue weighted by Gasteiger charge is 2.25. The van der Waals surface area contributed by atoms with E-state index in [0.29, 0.717) is 6.04 Å². The van der Waals surface area contributed by atoms with Crippen LogP contribution in [-0.2, 0) is 13.5 Å². The molecule has 0 fully saturated rings. The SMILES string of the molecule is Cc1nn(C)c(C)c1NC1CCc2c(Br)cccc21. The van der Waals surface area contributed by atoms with Gasteiger partial charge in [-0.25, -0.2) is 0 Å². The zero-order chi connectivity index (χ0) is 13.6. The van der Waals surface area contributed by atoms with Crippen LogP contribution in [0.2, 0.25) is 0 Å². The molecule has 0 amide bonds. The molecule has 1 aromatic heterocycles. The van der Waals surface area contributed by atoms with Crippen LogP contribution in [0.15, 0.2) is 22.7 Å². The van der Waals surface area contributed by atoms with Gasteiger partial charge >= 0.3 is 0 Å². The molecule has 2 aromatic rings. The summed E-state index contributed by atoms with van der Waals surface area (Å²) in [6.45, 7) is 4.17. The molecule has 1 N–H and O–H groups in total. The first kappa shape index (κ1) is 12.7. The normalized spacial score (nSPS) is 17.6. The number of benzene rings is 1. The molecule has 1 aliphatic carbocycles. The minimum atomic E-state index is 0.397. The fourth-order valence-electron chi connectivity index (χ4n) is 2.92. The van der Waals surface area contributed by atoms with Crippen LogP contribution in [0.25, 0.3) is 0 Å². The number of rotatable bonds is 2. The van der Waals surface area contributed by atoms with E-state index in [2.05, 4.69) is 58.4 Å². The molecule has 1 atom stereocenters. The maximum atomic E-state index is 4.47. The molecule has 1 heterocycles. The summed E-state index contributed by atoms with van der Waals surface area (Å²) >= 11 is 3.65. The van der Waals surface area contributed by atoms with E-state index in [4.69, 9.17) is 0 Å². The smallest absolute Gasteiger partial charge is 0.0828 e. The Bertz CT molecular complexity index is 631. The van der Waals surface area contributed by atoms with E-state index in [1.165, 1.54) is 27.0 Å². The molecule has 19 heavy (non-hydrogen) atoms. The van der Waals surface area contributed by atoms with Gasteiger partial charge in [0.1, 0.15) is 0 Å². The Labute approximate surface area is 122 Å². The number of aryl methyl sites for hydroxylation is 2. The van der Waals surface area contributed by atoms with Gasteiger partial charge in [0.15, 0.2) is 0 Å². The van der Waals surface area contributed by atoms with Crippen molar-refractivity contribution in [2.45, 2.75) is 32.7 Å². The lowest BCUT2D eigenvalue weighted by Crippen LogP contribution is -2.08. The van der Waals surface area contributed by atoms with E-state index < -0.39 is 0 Å². The number of anilines is 1. The second-order valence-electron chi connectivity index (χ2n) is 5.21. The summed E-state index contributed by atoms with van der Waals surface area (Å²) in [4.78, 5) is 0. The van der Waals surface area contributed by atoms with E-state index in [1.807, 2.05) is 11.7 Å². The molecule has 100 valence electrons. The molecule has 0 spiro atoms. The van der Waals surface area contributed by atoms with Crippen molar-refractivity contribution < 1.29 is 0 Å². The third kappa shape index (κ3) is 2.08. The number of hydrogen-bond donors (Lipinski definition) is 1. The molecule has 0 saturated carbocycles. The van der Waals surface area contributed by atoms with E-state index in [9.17, 15) is 0 Å². The van der Waals surface area contributed by atoms with Crippen molar-refractivity contribution in [3.8, 4) is 0 Å². The Morgan fingerprint density at radius 2 is 2.16 bits per heavy atom. The molecule has 1 unspecified atom stereocenters. The van der Waals surface area contributed by atoms with Crippen molar-refractivity contribution in [2.75, 3.05) is 5.32 Å². The van der Waals surface area contributed by atoms with Gasteiger partial charge in [-0.15, -0.1) is 0 Å². The monoisotopic (exact) mass is 319 g/mol. The molecule has 1 aliphatic rings. The van der Waals surface area contributed by atoms with Gasteiger partial charge in [0, 0.05) is 11.5 Å². The number of nitrogens with zero attached hydrogens (tertiary/aromatic N) is 2. The molecule has 0 radical (unpaired) electrons. The van der Waals surface area contributed by atoms with Crippen LogP contribution in [0.5, 0.6) is 0 Å². The third-order valence-corrected chi connectivity index (χ3v) is 4.78. The van der Waals surface area contributed by atoms with Crippen molar-refractivity contribution in [2.24, 2.45) is 7.05 Å². The largest absolute Gasteiger partial charge is 0.375 e. The van der Waals surface area contributed by atoms with Crippen LogP contribution in [0.4, 0.5) is 5.69 Å².